The molecule has 0 radical (unpaired) electrons. The minimum atomic E-state index is -0.307. The third-order valence-electron chi connectivity index (χ3n) is 6.60. The highest BCUT2D eigenvalue weighted by Crippen LogP contribution is 2.29. The van der Waals surface area contributed by atoms with Gasteiger partial charge in [-0.15, -0.1) is 5.10 Å². The van der Waals surface area contributed by atoms with Gasteiger partial charge in [0.2, 0.25) is 0 Å². The van der Waals surface area contributed by atoms with E-state index in [9.17, 15) is 4.79 Å². The van der Waals surface area contributed by atoms with E-state index in [-0.39, 0.29) is 5.91 Å². The Morgan fingerprint density at radius 2 is 1.69 bits per heavy atom. The number of aromatic nitrogens is 5. The molecule has 1 saturated carbocycles. The first kappa shape index (κ1) is 24.4. The molecule has 0 aliphatic heterocycles. The summed E-state index contributed by atoms with van der Waals surface area (Å²) < 4.78 is 7.45. The van der Waals surface area contributed by atoms with Gasteiger partial charge in [0.1, 0.15) is 17.3 Å². The molecule has 1 fully saturated rings. The van der Waals surface area contributed by atoms with Crippen LogP contribution in [0, 0.1) is 0 Å². The lowest BCUT2D eigenvalue weighted by atomic mass is 9.95. The maximum atomic E-state index is 13.2. The number of amides is 1. The topological polar surface area (TPSA) is 118 Å². The van der Waals surface area contributed by atoms with Gasteiger partial charge in [-0.05, 0) is 61.4 Å². The fourth-order valence-electron chi connectivity index (χ4n) is 4.68. The Morgan fingerprint density at radius 1 is 0.872 bits per heavy atom. The lowest BCUT2D eigenvalue weighted by Gasteiger charge is -2.23. The molecule has 4 aromatic heterocycles. The van der Waals surface area contributed by atoms with Crippen LogP contribution in [0.1, 0.15) is 42.6 Å². The zero-order chi connectivity index (χ0) is 26.4. The van der Waals surface area contributed by atoms with Crippen LogP contribution in [0.4, 0.5) is 22.9 Å². The third kappa shape index (κ3) is 5.80. The number of nitrogens with zero attached hydrogens (tertiary/aromatic N) is 5. The van der Waals surface area contributed by atoms with Gasteiger partial charge >= 0.3 is 0 Å². The highest BCUT2D eigenvalue weighted by molar-refractivity contribution is 6.03. The molecule has 5 aromatic rings. The molecular weight excluding hydrogens is 492 g/mol. The van der Waals surface area contributed by atoms with Gasteiger partial charge in [-0.25, -0.2) is 9.50 Å². The number of imidazole rings is 1. The van der Waals surface area contributed by atoms with Crippen molar-refractivity contribution in [2.45, 2.75) is 38.1 Å². The molecule has 3 N–H and O–H groups in total. The molecule has 4 heterocycles. The van der Waals surface area contributed by atoms with Gasteiger partial charge in [0.05, 0.1) is 18.1 Å². The summed E-state index contributed by atoms with van der Waals surface area (Å²) in [6.07, 6.45) is 14.0. The molecule has 39 heavy (non-hydrogen) atoms. The summed E-state index contributed by atoms with van der Waals surface area (Å²) in [7, 11) is 0. The minimum absolute atomic E-state index is 0.307. The van der Waals surface area contributed by atoms with Crippen LogP contribution in [0.15, 0.2) is 85.6 Å². The normalized spacial score (nSPS) is 13.6. The molecule has 1 aliphatic carbocycles. The number of carbonyl (C=O) groups is 1. The number of hydrogen-bond acceptors (Lipinski definition) is 8. The van der Waals surface area contributed by atoms with Crippen LogP contribution in [0.25, 0.3) is 5.65 Å². The summed E-state index contributed by atoms with van der Waals surface area (Å²) >= 11 is 0. The number of fused-ring (bicyclic) bond motifs is 1. The van der Waals surface area contributed by atoms with E-state index in [0.717, 1.165) is 24.2 Å². The Morgan fingerprint density at radius 3 is 2.46 bits per heavy atom. The van der Waals surface area contributed by atoms with E-state index in [1.165, 1.54) is 19.3 Å². The number of rotatable bonds is 8. The Balaban J connectivity index is 1.29. The Hall–Kier alpha value is -4.99. The largest absolute Gasteiger partial charge is 0.456 e. The van der Waals surface area contributed by atoms with E-state index in [1.54, 1.807) is 47.6 Å². The predicted octanol–water partition coefficient (Wildman–Crippen LogP) is 6.05. The van der Waals surface area contributed by atoms with E-state index in [4.69, 9.17) is 9.84 Å². The molecule has 1 amide bonds. The summed E-state index contributed by atoms with van der Waals surface area (Å²) in [5, 5.41) is 14.7. The van der Waals surface area contributed by atoms with Crippen molar-refractivity contribution < 1.29 is 9.53 Å². The first-order valence-corrected chi connectivity index (χ1v) is 13.0. The standard InChI is InChI=1S/C29H28N8O2/c38-29(35-22-12-15-30-16-13-22)26-19-32-28-25(17-27(36-37(26)28)34-20-5-2-1-3-6-20)33-21-8-10-23(11-9-21)39-24-7-4-14-31-18-24/h4,7-20,33H,1-3,5-6H2,(H,34,36)(H,30,35,38). The third-order valence-corrected chi connectivity index (χ3v) is 6.60. The molecule has 1 aliphatic rings. The number of nitrogens with one attached hydrogen (secondary N) is 3. The van der Waals surface area contributed by atoms with Gasteiger partial charge in [0.25, 0.3) is 5.91 Å². The molecular formula is C29H28N8O2. The van der Waals surface area contributed by atoms with Crippen LogP contribution in [0.5, 0.6) is 11.5 Å². The van der Waals surface area contributed by atoms with Crippen LogP contribution in [-0.4, -0.2) is 36.5 Å². The number of carbonyl (C=O) groups excluding carboxylic acids is 1. The monoisotopic (exact) mass is 520 g/mol. The van der Waals surface area contributed by atoms with Crippen molar-refractivity contribution in [2.24, 2.45) is 0 Å². The second kappa shape index (κ2) is 11.2. The molecule has 10 nitrogen and oxygen atoms in total. The van der Waals surface area contributed by atoms with Gasteiger partial charge in [-0.3, -0.25) is 14.8 Å². The summed E-state index contributed by atoms with van der Waals surface area (Å²) in [6, 6.07) is 17.1. The van der Waals surface area contributed by atoms with Crippen molar-refractivity contribution in [3.05, 3.63) is 91.3 Å². The quantitative estimate of drug-likeness (QED) is 0.226. The maximum Gasteiger partial charge on any atom is 0.276 e. The number of pyridine rings is 2. The molecule has 196 valence electrons. The molecule has 0 bridgehead atoms. The number of ether oxygens (including phenoxy) is 1. The molecule has 0 saturated heterocycles. The van der Waals surface area contributed by atoms with Crippen molar-refractivity contribution in [1.82, 2.24) is 24.6 Å². The lowest BCUT2D eigenvalue weighted by molar-refractivity contribution is 0.102. The predicted molar refractivity (Wildman–Crippen MR) is 150 cm³/mol. The van der Waals surface area contributed by atoms with E-state index in [2.05, 4.69) is 30.9 Å². The van der Waals surface area contributed by atoms with Crippen molar-refractivity contribution >= 4 is 34.4 Å². The van der Waals surface area contributed by atoms with Crippen molar-refractivity contribution in [1.29, 1.82) is 0 Å². The number of benzene rings is 1. The van der Waals surface area contributed by atoms with E-state index in [0.29, 0.717) is 40.4 Å². The van der Waals surface area contributed by atoms with Crippen LogP contribution < -0.4 is 20.7 Å². The van der Waals surface area contributed by atoms with Gasteiger partial charge in [-0.2, -0.15) is 0 Å². The Labute approximate surface area is 225 Å². The average Bonchev–Trinajstić information content (AvgIpc) is 3.40. The molecule has 0 unspecified atom stereocenters. The minimum Gasteiger partial charge on any atom is -0.456 e. The van der Waals surface area contributed by atoms with E-state index >= 15 is 0 Å². The maximum absolute atomic E-state index is 13.2. The van der Waals surface area contributed by atoms with Gasteiger partial charge < -0.3 is 20.7 Å². The Bertz CT molecular complexity index is 1550. The van der Waals surface area contributed by atoms with Crippen LogP contribution in [0.2, 0.25) is 0 Å². The second-order valence-corrected chi connectivity index (χ2v) is 9.43. The van der Waals surface area contributed by atoms with Crippen LogP contribution in [0.3, 0.4) is 0 Å². The SMILES string of the molecule is O=C(Nc1ccncc1)c1cnc2c(Nc3ccc(Oc4cccnc4)cc3)cc(NC3CCCCC3)nn12. The second-order valence-electron chi connectivity index (χ2n) is 9.43. The molecule has 0 spiro atoms. The zero-order valence-electron chi connectivity index (χ0n) is 21.2. The van der Waals surface area contributed by atoms with Crippen molar-refractivity contribution in [3.63, 3.8) is 0 Å². The number of hydrogen-bond donors (Lipinski definition) is 3. The first-order valence-electron chi connectivity index (χ1n) is 13.0. The highest BCUT2D eigenvalue weighted by Gasteiger charge is 2.20. The fourth-order valence-corrected chi connectivity index (χ4v) is 4.68. The highest BCUT2D eigenvalue weighted by atomic mass is 16.5. The van der Waals surface area contributed by atoms with Gasteiger partial charge in [0, 0.05) is 42.1 Å². The summed E-state index contributed by atoms with van der Waals surface area (Å²) in [5.74, 6) is 1.75. The lowest BCUT2D eigenvalue weighted by Crippen LogP contribution is -2.24. The molecule has 10 heteroatoms. The first-order chi connectivity index (χ1) is 19.2. The number of anilines is 4. The molecule has 1 aromatic carbocycles. The van der Waals surface area contributed by atoms with Crippen molar-refractivity contribution in [2.75, 3.05) is 16.0 Å². The van der Waals surface area contributed by atoms with E-state index < -0.39 is 0 Å². The zero-order valence-corrected chi connectivity index (χ0v) is 21.2. The fraction of sp³-hybridized carbons (Fsp3) is 0.207. The van der Waals surface area contributed by atoms with Gasteiger partial charge in [0.15, 0.2) is 11.3 Å². The summed E-state index contributed by atoms with van der Waals surface area (Å²) in [6.45, 7) is 0. The Kier molecular flexibility index (Phi) is 6.98. The summed E-state index contributed by atoms with van der Waals surface area (Å²) in [5.41, 5.74) is 3.09. The van der Waals surface area contributed by atoms with Crippen LogP contribution in [-0.2, 0) is 0 Å². The smallest absolute Gasteiger partial charge is 0.276 e. The molecule has 6 rings (SSSR count). The van der Waals surface area contributed by atoms with Gasteiger partial charge in [-0.1, -0.05) is 19.3 Å². The summed E-state index contributed by atoms with van der Waals surface area (Å²) in [4.78, 5) is 25.8. The van der Waals surface area contributed by atoms with E-state index in [1.807, 2.05) is 42.5 Å². The average molecular weight is 521 g/mol. The van der Waals surface area contributed by atoms with Crippen LogP contribution >= 0.6 is 0 Å². The van der Waals surface area contributed by atoms with Crippen molar-refractivity contribution in [3.8, 4) is 11.5 Å². The molecule has 0 atom stereocenters.